The van der Waals surface area contributed by atoms with Crippen LogP contribution in [-0.2, 0) is 11.2 Å². The SMILES string of the molecule is Cc1nc([C@H]2CCCCN2C(=O)CCc2ccccc2F)ncc1C(=O)Nc1ccccc1. The topological polar surface area (TPSA) is 75.2 Å². The number of aryl methyl sites for hydroxylation is 2. The molecule has 2 amide bonds. The first-order valence-corrected chi connectivity index (χ1v) is 11.3. The Bertz CT molecular complexity index is 1140. The normalized spacial score (nSPS) is 15.8. The molecule has 1 saturated heterocycles. The summed E-state index contributed by atoms with van der Waals surface area (Å²) >= 11 is 0. The van der Waals surface area contributed by atoms with Crippen LogP contribution in [0.4, 0.5) is 10.1 Å². The van der Waals surface area contributed by atoms with Crippen LogP contribution in [-0.4, -0.2) is 33.2 Å². The molecule has 7 heteroatoms. The predicted molar refractivity (Wildman–Crippen MR) is 124 cm³/mol. The molecule has 170 valence electrons. The third kappa shape index (κ3) is 5.42. The second-order valence-corrected chi connectivity index (χ2v) is 8.24. The maximum Gasteiger partial charge on any atom is 0.259 e. The summed E-state index contributed by atoms with van der Waals surface area (Å²) in [5.41, 5.74) is 2.21. The van der Waals surface area contributed by atoms with Crippen LogP contribution in [0, 0.1) is 12.7 Å². The highest BCUT2D eigenvalue weighted by atomic mass is 19.1. The van der Waals surface area contributed by atoms with Crippen molar-refractivity contribution in [2.24, 2.45) is 0 Å². The van der Waals surface area contributed by atoms with Crippen molar-refractivity contribution in [2.75, 3.05) is 11.9 Å². The lowest BCUT2D eigenvalue weighted by molar-refractivity contribution is -0.135. The van der Waals surface area contributed by atoms with Crippen molar-refractivity contribution in [3.05, 3.63) is 89.3 Å². The zero-order valence-electron chi connectivity index (χ0n) is 18.6. The number of halogens is 1. The molecule has 1 aromatic heterocycles. The van der Waals surface area contributed by atoms with Gasteiger partial charge >= 0.3 is 0 Å². The minimum atomic E-state index is -0.288. The first-order chi connectivity index (χ1) is 16.0. The van der Waals surface area contributed by atoms with Crippen LogP contribution < -0.4 is 5.32 Å². The van der Waals surface area contributed by atoms with E-state index in [0.717, 1.165) is 19.3 Å². The van der Waals surface area contributed by atoms with Gasteiger partial charge in [0.1, 0.15) is 5.82 Å². The maximum absolute atomic E-state index is 13.9. The van der Waals surface area contributed by atoms with Gasteiger partial charge in [0.05, 0.1) is 17.3 Å². The van der Waals surface area contributed by atoms with Crippen molar-refractivity contribution in [1.29, 1.82) is 0 Å². The van der Waals surface area contributed by atoms with Gasteiger partial charge in [-0.25, -0.2) is 14.4 Å². The molecule has 0 saturated carbocycles. The van der Waals surface area contributed by atoms with Crippen LogP contribution >= 0.6 is 0 Å². The average molecular weight is 447 g/mol. The fourth-order valence-corrected chi connectivity index (χ4v) is 4.17. The zero-order valence-corrected chi connectivity index (χ0v) is 18.6. The Labute approximate surface area is 192 Å². The molecular formula is C26H27FN4O2. The summed E-state index contributed by atoms with van der Waals surface area (Å²) in [4.78, 5) is 36.5. The molecule has 2 aromatic carbocycles. The molecule has 6 nitrogen and oxygen atoms in total. The summed E-state index contributed by atoms with van der Waals surface area (Å²) in [7, 11) is 0. The van der Waals surface area contributed by atoms with Crippen LogP contribution in [0.2, 0.25) is 0 Å². The van der Waals surface area contributed by atoms with E-state index in [1.54, 1.807) is 25.1 Å². The number of rotatable bonds is 6. The summed E-state index contributed by atoms with van der Waals surface area (Å²) < 4.78 is 13.9. The number of hydrogen-bond donors (Lipinski definition) is 1. The smallest absolute Gasteiger partial charge is 0.259 e. The predicted octanol–water partition coefficient (Wildman–Crippen LogP) is 4.86. The number of para-hydroxylation sites is 1. The van der Waals surface area contributed by atoms with Crippen molar-refractivity contribution >= 4 is 17.5 Å². The number of hydrogen-bond acceptors (Lipinski definition) is 4. The fourth-order valence-electron chi connectivity index (χ4n) is 4.17. The Morgan fingerprint density at radius 2 is 1.85 bits per heavy atom. The van der Waals surface area contributed by atoms with Gasteiger partial charge in [-0.3, -0.25) is 9.59 Å². The zero-order chi connectivity index (χ0) is 23.2. The second kappa shape index (κ2) is 10.3. The molecule has 0 bridgehead atoms. The average Bonchev–Trinajstić information content (AvgIpc) is 2.84. The molecule has 0 aliphatic carbocycles. The van der Waals surface area contributed by atoms with E-state index in [2.05, 4.69) is 15.3 Å². The quantitative estimate of drug-likeness (QED) is 0.587. The molecule has 1 N–H and O–H groups in total. The lowest BCUT2D eigenvalue weighted by Crippen LogP contribution is -2.39. The third-order valence-electron chi connectivity index (χ3n) is 5.96. The van der Waals surface area contributed by atoms with Gasteiger partial charge in [-0.2, -0.15) is 0 Å². The first-order valence-electron chi connectivity index (χ1n) is 11.3. The van der Waals surface area contributed by atoms with Gasteiger partial charge in [0.2, 0.25) is 5.91 Å². The Balaban J connectivity index is 1.47. The van der Waals surface area contributed by atoms with Crippen LogP contribution in [0.25, 0.3) is 0 Å². The van der Waals surface area contributed by atoms with E-state index < -0.39 is 0 Å². The number of likely N-dealkylation sites (tertiary alicyclic amines) is 1. The van der Waals surface area contributed by atoms with E-state index in [1.165, 1.54) is 12.3 Å². The Morgan fingerprint density at radius 3 is 2.61 bits per heavy atom. The summed E-state index contributed by atoms with van der Waals surface area (Å²) in [6, 6.07) is 15.5. The molecule has 1 fully saturated rings. The summed E-state index contributed by atoms with van der Waals surface area (Å²) in [5, 5.41) is 2.85. The number of benzene rings is 2. The first kappa shape index (κ1) is 22.6. The molecule has 0 unspecified atom stereocenters. The van der Waals surface area contributed by atoms with Crippen molar-refractivity contribution in [3.8, 4) is 0 Å². The van der Waals surface area contributed by atoms with E-state index >= 15 is 0 Å². The Hall–Kier alpha value is -3.61. The molecule has 1 aliphatic heterocycles. The summed E-state index contributed by atoms with van der Waals surface area (Å²) in [5.74, 6) is -0.0478. The molecule has 4 rings (SSSR count). The number of nitrogens with one attached hydrogen (secondary N) is 1. The molecule has 33 heavy (non-hydrogen) atoms. The van der Waals surface area contributed by atoms with Gasteiger partial charge in [-0.1, -0.05) is 36.4 Å². The third-order valence-corrected chi connectivity index (χ3v) is 5.96. The van der Waals surface area contributed by atoms with E-state index in [0.29, 0.717) is 41.3 Å². The van der Waals surface area contributed by atoms with Crippen LogP contribution in [0.3, 0.4) is 0 Å². The summed E-state index contributed by atoms with van der Waals surface area (Å²) in [6.45, 7) is 2.40. The largest absolute Gasteiger partial charge is 0.332 e. The van der Waals surface area contributed by atoms with Crippen LogP contribution in [0.15, 0.2) is 60.8 Å². The number of carbonyl (C=O) groups excluding carboxylic acids is 2. The van der Waals surface area contributed by atoms with E-state index in [1.807, 2.05) is 35.2 Å². The van der Waals surface area contributed by atoms with Crippen molar-refractivity contribution < 1.29 is 14.0 Å². The lowest BCUT2D eigenvalue weighted by Gasteiger charge is -2.35. The highest BCUT2D eigenvalue weighted by Crippen LogP contribution is 2.30. The minimum absolute atomic E-state index is 0.0323. The van der Waals surface area contributed by atoms with Gasteiger partial charge in [0, 0.05) is 24.8 Å². The monoisotopic (exact) mass is 446 g/mol. The van der Waals surface area contributed by atoms with Crippen molar-refractivity contribution in [1.82, 2.24) is 14.9 Å². The van der Waals surface area contributed by atoms with E-state index in [4.69, 9.17) is 0 Å². The van der Waals surface area contributed by atoms with E-state index in [9.17, 15) is 14.0 Å². The number of nitrogens with zero attached hydrogens (tertiary/aromatic N) is 3. The number of amides is 2. The van der Waals surface area contributed by atoms with E-state index in [-0.39, 0.29) is 30.1 Å². The molecule has 3 aromatic rings. The number of aromatic nitrogens is 2. The van der Waals surface area contributed by atoms with Crippen LogP contribution in [0.5, 0.6) is 0 Å². The summed E-state index contributed by atoms with van der Waals surface area (Å²) in [6.07, 6.45) is 4.77. The molecule has 0 spiro atoms. The highest BCUT2D eigenvalue weighted by molar-refractivity contribution is 6.04. The highest BCUT2D eigenvalue weighted by Gasteiger charge is 2.30. The number of anilines is 1. The Morgan fingerprint density at radius 1 is 1.09 bits per heavy atom. The molecule has 1 atom stereocenters. The number of piperidine rings is 1. The number of carbonyl (C=O) groups is 2. The molecule has 2 heterocycles. The van der Waals surface area contributed by atoms with Gasteiger partial charge in [0.15, 0.2) is 5.82 Å². The Kier molecular flexibility index (Phi) is 7.07. The lowest BCUT2D eigenvalue weighted by atomic mass is 9.99. The van der Waals surface area contributed by atoms with Crippen LogP contribution in [0.1, 0.15) is 59.2 Å². The molecular weight excluding hydrogens is 419 g/mol. The minimum Gasteiger partial charge on any atom is -0.332 e. The molecule has 0 radical (unpaired) electrons. The van der Waals surface area contributed by atoms with Gasteiger partial charge in [0.25, 0.3) is 5.91 Å². The second-order valence-electron chi connectivity index (χ2n) is 8.24. The maximum atomic E-state index is 13.9. The van der Waals surface area contributed by atoms with Gasteiger partial charge < -0.3 is 10.2 Å². The fraction of sp³-hybridized carbons (Fsp3) is 0.308. The van der Waals surface area contributed by atoms with Crippen molar-refractivity contribution in [3.63, 3.8) is 0 Å². The van der Waals surface area contributed by atoms with Crippen molar-refractivity contribution in [2.45, 2.75) is 45.1 Å². The molecule has 1 aliphatic rings. The van der Waals surface area contributed by atoms with Gasteiger partial charge in [-0.05, 0) is 56.4 Å². The standard InChI is InChI=1S/C26H27FN4O2/c1-18-21(26(33)30-20-10-3-2-4-11-20)17-28-25(29-18)23-13-7-8-16-31(23)24(32)15-14-19-9-5-6-12-22(19)27/h2-6,9-12,17,23H,7-8,13-16H2,1H3,(H,30,33)/t23-/m1/s1. The van der Waals surface area contributed by atoms with Gasteiger partial charge in [-0.15, -0.1) is 0 Å².